The summed E-state index contributed by atoms with van der Waals surface area (Å²) in [6.45, 7) is 6.21. The van der Waals surface area contributed by atoms with Crippen molar-refractivity contribution in [1.29, 1.82) is 0 Å². The van der Waals surface area contributed by atoms with Crippen LogP contribution >= 0.6 is 0 Å². The normalized spacial score (nSPS) is 17.8. The molecule has 1 aliphatic heterocycles. The van der Waals surface area contributed by atoms with Crippen molar-refractivity contribution in [2.75, 3.05) is 18.5 Å². The first-order valence-corrected chi connectivity index (χ1v) is 16.8. The van der Waals surface area contributed by atoms with Crippen LogP contribution in [0.3, 0.4) is 0 Å². The number of rotatable bonds is 12. The van der Waals surface area contributed by atoms with E-state index >= 15 is 0 Å². The number of aromatic carboxylic acids is 1. The van der Waals surface area contributed by atoms with Gasteiger partial charge in [-0.2, -0.15) is 5.11 Å². The van der Waals surface area contributed by atoms with Gasteiger partial charge in [-0.1, -0.05) is 36.4 Å². The number of carboxylic acids is 1. The van der Waals surface area contributed by atoms with Gasteiger partial charge in [0.05, 0.1) is 5.56 Å². The Labute approximate surface area is 290 Å². The van der Waals surface area contributed by atoms with Crippen LogP contribution in [0.15, 0.2) is 82.0 Å². The average molecular weight is 684 g/mol. The molecule has 0 spiro atoms. The van der Waals surface area contributed by atoms with Gasteiger partial charge >= 0.3 is 12.1 Å². The average Bonchev–Trinajstić information content (AvgIpc) is 3.62. The predicted molar refractivity (Wildman–Crippen MR) is 187 cm³/mol. The lowest BCUT2D eigenvalue weighted by Gasteiger charge is -2.29. The number of hydrogen-bond acceptors (Lipinski definition) is 8. The van der Waals surface area contributed by atoms with E-state index in [1.54, 1.807) is 48.5 Å². The number of halogens is 1. The molecule has 50 heavy (non-hydrogen) atoms. The fourth-order valence-electron chi connectivity index (χ4n) is 6.25. The maximum absolute atomic E-state index is 14.9. The highest BCUT2D eigenvalue weighted by Crippen LogP contribution is 2.32. The molecule has 3 aromatic rings. The zero-order chi connectivity index (χ0) is 35.8. The monoisotopic (exact) mass is 683 g/mol. The molecule has 3 N–H and O–H groups in total. The second-order valence-corrected chi connectivity index (χ2v) is 13.8. The Morgan fingerprint density at radius 1 is 0.940 bits per heavy atom. The van der Waals surface area contributed by atoms with Crippen LogP contribution in [0, 0.1) is 23.6 Å². The number of amidine groups is 1. The van der Waals surface area contributed by atoms with E-state index in [1.807, 2.05) is 20.8 Å². The second kappa shape index (κ2) is 16.0. The predicted octanol–water partition coefficient (Wildman–Crippen LogP) is 7.45. The van der Waals surface area contributed by atoms with Gasteiger partial charge in [-0.25, -0.2) is 19.0 Å². The molecule has 5 rings (SSSR count). The third kappa shape index (κ3) is 9.67. The van der Waals surface area contributed by atoms with Crippen LogP contribution in [0.25, 0.3) is 11.1 Å². The first-order chi connectivity index (χ1) is 23.9. The highest BCUT2D eigenvalue weighted by molar-refractivity contribution is 6.01. The van der Waals surface area contributed by atoms with Crippen molar-refractivity contribution in [3.63, 3.8) is 0 Å². The third-order valence-electron chi connectivity index (χ3n) is 8.89. The van der Waals surface area contributed by atoms with Crippen LogP contribution in [0.2, 0.25) is 0 Å². The van der Waals surface area contributed by atoms with E-state index in [1.165, 1.54) is 18.2 Å². The van der Waals surface area contributed by atoms with Crippen LogP contribution in [-0.4, -0.2) is 53.5 Å². The maximum atomic E-state index is 14.9. The van der Waals surface area contributed by atoms with Gasteiger partial charge in [0.15, 0.2) is 12.5 Å². The molecule has 2 aliphatic rings. The molecule has 262 valence electrons. The Balaban J connectivity index is 1.26. The Hall–Kier alpha value is -5.26. The van der Waals surface area contributed by atoms with Gasteiger partial charge in [0.25, 0.3) is 0 Å². The zero-order valence-corrected chi connectivity index (χ0v) is 28.4. The number of Topliss-reactive ketones (excluding diaryl/α,β-unsaturated/α-hetero) is 1. The fraction of sp³-hybridized carbons (Fsp3) is 0.395. The number of nitrogens with one attached hydrogen (secondary N) is 2. The molecule has 1 saturated carbocycles. The van der Waals surface area contributed by atoms with E-state index < -0.39 is 35.0 Å². The second-order valence-electron chi connectivity index (χ2n) is 13.8. The van der Waals surface area contributed by atoms with Crippen molar-refractivity contribution < 1.29 is 33.4 Å². The topological polar surface area (TPSA) is 159 Å². The summed E-state index contributed by atoms with van der Waals surface area (Å²) in [5, 5.41) is 23.0. The number of carbonyl (C=O) groups is 4. The summed E-state index contributed by atoms with van der Waals surface area (Å²) in [5.74, 6) is -2.55. The van der Waals surface area contributed by atoms with Crippen molar-refractivity contribution in [2.24, 2.45) is 33.0 Å². The first-order valence-electron chi connectivity index (χ1n) is 16.8. The van der Waals surface area contributed by atoms with Crippen LogP contribution in [-0.2, 0) is 20.7 Å². The SMILES string of the molecule is CC(C)(C)OC(=O)NCC1CCC(C(=O)C[C@@H](Cc2ccc(-c3cccc(C(=O)O)c3F)cc2)C(=O)Nc2ccc(C3=NCN=N3)cc2)CC1. The lowest BCUT2D eigenvalue weighted by atomic mass is 9.77. The molecular formula is C38H42FN5O6. The van der Waals surface area contributed by atoms with E-state index in [-0.39, 0.29) is 41.9 Å². The Bertz CT molecular complexity index is 1770. The summed E-state index contributed by atoms with van der Waals surface area (Å²) in [7, 11) is 0. The number of aliphatic imine (C=N–C) groups is 1. The van der Waals surface area contributed by atoms with Crippen molar-refractivity contribution in [3.8, 4) is 11.1 Å². The molecule has 2 amide bonds. The minimum atomic E-state index is -1.35. The van der Waals surface area contributed by atoms with Crippen LogP contribution in [0.4, 0.5) is 14.9 Å². The number of anilines is 1. The molecule has 1 aliphatic carbocycles. The number of carbonyl (C=O) groups excluding carboxylic acids is 3. The number of hydrogen-bond donors (Lipinski definition) is 3. The molecule has 0 unspecified atom stereocenters. The van der Waals surface area contributed by atoms with E-state index in [0.29, 0.717) is 43.1 Å². The molecule has 0 bridgehead atoms. The molecule has 0 aromatic heterocycles. The fourth-order valence-corrected chi connectivity index (χ4v) is 6.25. The summed E-state index contributed by atoms with van der Waals surface area (Å²) < 4.78 is 20.2. The molecule has 3 aromatic carbocycles. The van der Waals surface area contributed by atoms with Crippen LogP contribution in [0.5, 0.6) is 0 Å². The molecule has 12 heteroatoms. The third-order valence-corrected chi connectivity index (χ3v) is 8.89. The van der Waals surface area contributed by atoms with E-state index in [0.717, 1.165) is 24.0 Å². The maximum Gasteiger partial charge on any atom is 0.407 e. The number of benzene rings is 3. The van der Waals surface area contributed by atoms with Crippen molar-refractivity contribution in [2.45, 2.75) is 64.9 Å². The number of nitrogens with zero attached hydrogens (tertiary/aromatic N) is 3. The van der Waals surface area contributed by atoms with Gasteiger partial charge in [0.1, 0.15) is 17.2 Å². The Kier molecular flexibility index (Phi) is 11.5. The largest absolute Gasteiger partial charge is 0.478 e. The van der Waals surface area contributed by atoms with Crippen molar-refractivity contribution in [3.05, 3.63) is 89.2 Å². The number of carboxylic acid groups (broad SMARTS) is 1. The van der Waals surface area contributed by atoms with E-state index in [4.69, 9.17) is 4.74 Å². The quantitative estimate of drug-likeness (QED) is 0.180. The summed E-state index contributed by atoms with van der Waals surface area (Å²) >= 11 is 0. The Morgan fingerprint density at radius 3 is 2.24 bits per heavy atom. The van der Waals surface area contributed by atoms with Gasteiger partial charge in [-0.05, 0) is 100 Å². The first kappa shape index (κ1) is 36.0. The van der Waals surface area contributed by atoms with E-state index in [9.17, 15) is 28.7 Å². The molecule has 1 heterocycles. The molecular weight excluding hydrogens is 641 g/mol. The summed E-state index contributed by atoms with van der Waals surface area (Å²) in [5.41, 5.74) is 1.78. The van der Waals surface area contributed by atoms with Crippen molar-refractivity contribution >= 4 is 35.3 Å². The highest BCUT2D eigenvalue weighted by Gasteiger charge is 2.31. The minimum absolute atomic E-state index is 0.0211. The number of amides is 2. The lowest BCUT2D eigenvalue weighted by Crippen LogP contribution is -2.37. The van der Waals surface area contributed by atoms with Crippen LogP contribution < -0.4 is 10.6 Å². The molecule has 0 radical (unpaired) electrons. The zero-order valence-electron chi connectivity index (χ0n) is 28.4. The molecule has 11 nitrogen and oxygen atoms in total. The lowest BCUT2D eigenvalue weighted by molar-refractivity contribution is -0.129. The number of ether oxygens (including phenoxy) is 1. The van der Waals surface area contributed by atoms with Crippen LogP contribution in [0.1, 0.15) is 74.4 Å². The van der Waals surface area contributed by atoms with Crippen molar-refractivity contribution in [1.82, 2.24) is 5.32 Å². The Morgan fingerprint density at radius 2 is 1.62 bits per heavy atom. The van der Waals surface area contributed by atoms with E-state index in [2.05, 4.69) is 25.9 Å². The standard InChI is InChI=1S/C38H42FN5O6/c1-38(2,3)50-37(49)40-21-24-9-13-26(14-10-24)32(45)20-28(35(46)43-29-17-15-27(16-18-29)34-41-22-42-44-34)19-23-7-11-25(12-8-23)30-5-4-6-31(33(30)39)36(47)48/h4-8,11-12,15-18,24,26,28H,9-10,13-14,19-22H2,1-3H3,(H,40,49)(H,43,46)(H,47,48)/t24?,26?,28-/m1/s1. The smallest absolute Gasteiger partial charge is 0.407 e. The molecule has 0 saturated heterocycles. The van der Waals surface area contributed by atoms with Gasteiger partial charge in [-0.15, -0.1) is 5.11 Å². The summed E-state index contributed by atoms with van der Waals surface area (Å²) in [6, 6.07) is 18.2. The minimum Gasteiger partial charge on any atom is -0.478 e. The van der Waals surface area contributed by atoms with Gasteiger partial charge < -0.3 is 20.5 Å². The van der Waals surface area contributed by atoms with Gasteiger partial charge in [-0.3, -0.25) is 9.59 Å². The summed E-state index contributed by atoms with van der Waals surface area (Å²) in [4.78, 5) is 55.1. The van der Waals surface area contributed by atoms with Gasteiger partial charge in [0, 0.05) is 41.6 Å². The number of ketones is 1. The highest BCUT2D eigenvalue weighted by atomic mass is 19.1. The number of alkyl carbamates (subject to hydrolysis) is 1. The molecule has 1 fully saturated rings. The van der Waals surface area contributed by atoms with Gasteiger partial charge in [0.2, 0.25) is 5.91 Å². The molecule has 1 atom stereocenters. The summed E-state index contributed by atoms with van der Waals surface area (Å²) in [6.07, 6.45) is 2.76. The number of azo groups is 1.